The number of nitrogens with one attached hydrogen (secondary N) is 1. The molecule has 4 nitrogen and oxygen atoms in total. The van der Waals surface area contributed by atoms with Gasteiger partial charge in [0.15, 0.2) is 0 Å². The van der Waals surface area contributed by atoms with Crippen LogP contribution in [0.1, 0.15) is 15.9 Å². The molecule has 0 saturated carbocycles. The van der Waals surface area contributed by atoms with Crippen LogP contribution in [0.4, 0.5) is 10.2 Å². The van der Waals surface area contributed by atoms with E-state index in [4.69, 9.17) is 17.3 Å². The molecule has 0 aliphatic carbocycles. The van der Waals surface area contributed by atoms with Gasteiger partial charge in [-0.25, -0.2) is 9.37 Å². The monoisotopic (exact) mass is 303 g/mol. The summed E-state index contributed by atoms with van der Waals surface area (Å²) in [5.74, 6) is 4.88. The zero-order valence-electron chi connectivity index (χ0n) is 10.9. The third kappa shape index (κ3) is 4.02. The van der Waals surface area contributed by atoms with Crippen LogP contribution in [0.5, 0.6) is 0 Å². The molecule has 0 saturated heterocycles. The normalized spacial score (nSPS) is 9.67. The molecular formula is C15H11ClFN3O. The van der Waals surface area contributed by atoms with E-state index < -0.39 is 11.7 Å². The van der Waals surface area contributed by atoms with E-state index in [1.54, 1.807) is 12.1 Å². The summed E-state index contributed by atoms with van der Waals surface area (Å²) < 4.78 is 12.7. The Balaban J connectivity index is 2.16. The summed E-state index contributed by atoms with van der Waals surface area (Å²) in [6, 6.07) is 7.31. The van der Waals surface area contributed by atoms with Gasteiger partial charge in [-0.05, 0) is 30.3 Å². The van der Waals surface area contributed by atoms with E-state index in [0.29, 0.717) is 16.1 Å². The second-order valence-electron chi connectivity index (χ2n) is 4.02. The fraction of sp³-hybridized carbons (Fsp3) is 0.0667. The fourth-order valence-corrected chi connectivity index (χ4v) is 1.77. The number of benzene rings is 1. The van der Waals surface area contributed by atoms with Gasteiger partial charge in [-0.2, -0.15) is 0 Å². The van der Waals surface area contributed by atoms with Gasteiger partial charge in [-0.1, -0.05) is 23.4 Å². The highest BCUT2D eigenvalue weighted by Gasteiger charge is 2.09. The van der Waals surface area contributed by atoms with E-state index in [1.165, 1.54) is 18.2 Å². The maximum atomic E-state index is 12.7. The Hall–Kier alpha value is -2.42. The van der Waals surface area contributed by atoms with Gasteiger partial charge in [0, 0.05) is 11.1 Å². The lowest BCUT2D eigenvalue weighted by Gasteiger charge is -2.05. The first kappa shape index (κ1) is 15.0. The number of carbonyl (C=O) groups excluding carboxylic acids is 1. The van der Waals surface area contributed by atoms with Crippen LogP contribution in [0.3, 0.4) is 0 Å². The molecule has 1 aromatic carbocycles. The van der Waals surface area contributed by atoms with Gasteiger partial charge in [0.25, 0.3) is 5.91 Å². The average Bonchev–Trinajstić information content (AvgIpc) is 2.48. The zero-order chi connectivity index (χ0) is 15.2. The molecule has 0 aliphatic heterocycles. The number of nitrogens with zero attached hydrogens (tertiary/aromatic N) is 1. The fourth-order valence-electron chi connectivity index (χ4n) is 1.54. The molecule has 1 aromatic heterocycles. The smallest absolute Gasteiger partial charge is 0.256 e. The molecule has 1 amide bonds. The second kappa shape index (κ2) is 6.84. The Labute approximate surface area is 126 Å². The molecule has 2 rings (SSSR count). The minimum atomic E-state index is -0.473. The van der Waals surface area contributed by atoms with Crippen molar-refractivity contribution in [3.05, 3.63) is 58.5 Å². The number of hydrogen-bond donors (Lipinski definition) is 2. The van der Waals surface area contributed by atoms with E-state index in [0.717, 1.165) is 6.20 Å². The average molecular weight is 304 g/mol. The lowest BCUT2D eigenvalue weighted by atomic mass is 10.1. The zero-order valence-corrected chi connectivity index (χ0v) is 11.6. The molecule has 0 aliphatic rings. The predicted octanol–water partition coefficient (Wildman–Crippen LogP) is 2.44. The third-order valence-electron chi connectivity index (χ3n) is 2.53. The largest absolute Gasteiger partial charge is 0.320 e. The van der Waals surface area contributed by atoms with Crippen molar-refractivity contribution in [2.75, 3.05) is 11.9 Å². The minimum absolute atomic E-state index is 0.231. The third-order valence-corrected chi connectivity index (χ3v) is 2.84. The SMILES string of the molecule is NCC#Cc1ccc(C(=O)Nc2ccc(F)cn2)cc1Cl. The van der Waals surface area contributed by atoms with Crippen LogP contribution in [0.15, 0.2) is 36.5 Å². The molecule has 3 N–H and O–H groups in total. The van der Waals surface area contributed by atoms with E-state index in [-0.39, 0.29) is 12.4 Å². The number of carbonyl (C=O) groups is 1. The van der Waals surface area contributed by atoms with Gasteiger partial charge in [-0.3, -0.25) is 4.79 Å². The molecule has 1 heterocycles. The summed E-state index contributed by atoms with van der Waals surface area (Å²) >= 11 is 6.04. The number of hydrogen-bond acceptors (Lipinski definition) is 3. The summed E-state index contributed by atoms with van der Waals surface area (Å²) in [6.07, 6.45) is 1.02. The van der Waals surface area contributed by atoms with Crippen molar-refractivity contribution in [3.8, 4) is 11.8 Å². The molecule has 0 fully saturated rings. The first-order chi connectivity index (χ1) is 10.1. The quantitative estimate of drug-likeness (QED) is 0.837. The van der Waals surface area contributed by atoms with Crippen molar-refractivity contribution in [1.82, 2.24) is 4.98 Å². The number of halogens is 2. The second-order valence-corrected chi connectivity index (χ2v) is 4.42. The Morgan fingerprint density at radius 3 is 2.81 bits per heavy atom. The topological polar surface area (TPSA) is 68.0 Å². The van der Waals surface area contributed by atoms with E-state index >= 15 is 0 Å². The standard InChI is InChI=1S/C15H11ClFN3O/c16-13-8-11(4-3-10(13)2-1-7-18)15(21)20-14-6-5-12(17)9-19-14/h3-6,8-9H,7,18H2,(H,19,20,21). The summed E-state index contributed by atoms with van der Waals surface area (Å²) in [4.78, 5) is 15.8. The summed E-state index contributed by atoms with van der Waals surface area (Å²) in [7, 11) is 0. The van der Waals surface area contributed by atoms with E-state index in [9.17, 15) is 9.18 Å². The van der Waals surface area contributed by atoms with Crippen molar-refractivity contribution in [1.29, 1.82) is 0 Å². The van der Waals surface area contributed by atoms with Gasteiger partial charge in [0.1, 0.15) is 11.6 Å². The van der Waals surface area contributed by atoms with Crippen molar-refractivity contribution in [3.63, 3.8) is 0 Å². The summed E-state index contributed by atoms with van der Waals surface area (Å²) in [5.41, 5.74) is 6.23. The molecule has 6 heteroatoms. The maximum Gasteiger partial charge on any atom is 0.256 e. The van der Waals surface area contributed by atoms with Gasteiger partial charge < -0.3 is 11.1 Å². The molecule has 0 atom stereocenters. The van der Waals surface area contributed by atoms with Crippen LogP contribution in [-0.4, -0.2) is 17.4 Å². The number of anilines is 1. The van der Waals surface area contributed by atoms with Crippen molar-refractivity contribution in [2.45, 2.75) is 0 Å². The van der Waals surface area contributed by atoms with Crippen LogP contribution >= 0.6 is 11.6 Å². The molecule has 0 unspecified atom stereocenters. The van der Waals surface area contributed by atoms with Crippen LogP contribution in [0.25, 0.3) is 0 Å². The van der Waals surface area contributed by atoms with Crippen LogP contribution in [0, 0.1) is 17.7 Å². The Morgan fingerprint density at radius 1 is 1.38 bits per heavy atom. The molecular weight excluding hydrogens is 293 g/mol. The first-order valence-corrected chi connectivity index (χ1v) is 6.39. The van der Waals surface area contributed by atoms with Crippen molar-refractivity contribution < 1.29 is 9.18 Å². The first-order valence-electron chi connectivity index (χ1n) is 6.01. The number of rotatable bonds is 2. The van der Waals surface area contributed by atoms with E-state index in [2.05, 4.69) is 22.1 Å². The highest BCUT2D eigenvalue weighted by Crippen LogP contribution is 2.18. The summed E-state index contributed by atoms with van der Waals surface area (Å²) in [5, 5.41) is 2.90. The van der Waals surface area contributed by atoms with Crippen LogP contribution in [0.2, 0.25) is 5.02 Å². The Morgan fingerprint density at radius 2 is 2.19 bits per heavy atom. The number of aromatic nitrogens is 1. The Bertz CT molecular complexity index is 720. The summed E-state index contributed by atoms with van der Waals surface area (Å²) in [6.45, 7) is 0.231. The minimum Gasteiger partial charge on any atom is -0.320 e. The molecule has 21 heavy (non-hydrogen) atoms. The van der Waals surface area contributed by atoms with Gasteiger partial charge in [-0.15, -0.1) is 0 Å². The molecule has 0 radical (unpaired) electrons. The highest BCUT2D eigenvalue weighted by atomic mass is 35.5. The molecule has 0 spiro atoms. The van der Waals surface area contributed by atoms with Crippen LogP contribution in [-0.2, 0) is 0 Å². The van der Waals surface area contributed by atoms with Gasteiger partial charge in [0.2, 0.25) is 0 Å². The molecule has 2 aromatic rings. The maximum absolute atomic E-state index is 12.7. The molecule has 0 bridgehead atoms. The lowest BCUT2D eigenvalue weighted by molar-refractivity contribution is 0.102. The van der Waals surface area contributed by atoms with Gasteiger partial charge >= 0.3 is 0 Å². The van der Waals surface area contributed by atoms with E-state index in [1.807, 2.05) is 0 Å². The highest BCUT2D eigenvalue weighted by molar-refractivity contribution is 6.32. The predicted molar refractivity (Wildman–Crippen MR) is 79.5 cm³/mol. The number of amides is 1. The number of nitrogens with two attached hydrogens (primary N) is 1. The van der Waals surface area contributed by atoms with Crippen molar-refractivity contribution >= 4 is 23.3 Å². The number of pyridine rings is 1. The lowest BCUT2D eigenvalue weighted by Crippen LogP contribution is -2.13. The van der Waals surface area contributed by atoms with Gasteiger partial charge in [0.05, 0.1) is 17.8 Å². The Kier molecular flexibility index (Phi) is 4.88. The van der Waals surface area contributed by atoms with Crippen molar-refractivity contribution in [2.24, 2.45) is 5.73 Å². The van der Waals surface area contributed by atoms with Crippen LogP contribution < -0.4 is 11.1 Å². The molecule has 106 valence electrons.